The minimum absolute atomic E-state index is 0.230. The van der Waals surface area contributed by atoms with E-state index in [1.165, 1.54) is 16.2 Å². The largest absolute Gasteiger partial charge is 0.333 e. The van der Waals surface area contributed by atoms with Gasteiger partial charge in [0.25, 0.3) is 5.91 Å². The molecule has 3 rings (SSSR count). The molecule has 1 aromatic heterocycles. The maximum Gasteiger partial charge on any atom is 0.264 e. The second kappa shape index (κ2) is 5.23. The molecule has 0 unspecified atom stereocenters. The van der Waals surface area contributed by atoms with Crippen molar-refractivity contribution >= 4 is 29.0 Å². The number of thioether (sulfide) groups is 1. The summed E-state index contributed by atoms with van der Waals surface area (Å²) in [6.07, 6.45) is 1.13. The Morgan fingerprint density at radius 1 is 1.56 bits per heavy atom. The number of amides is 1. The summed E-state index contributed by atoms with van der Waals surface area (Å²) < 4.78 is 0. The Balaban J connectivity index is 1.80. The zero-order valence-electron chi connectivity index (χ0n) is 10.6. The van der Waals surface area contributed by atoms with Crippen molar-refractivity contribution in [2.75, 3.05) is 25.4 Å². The van der Waals surface area contributed by atoms with Crippen LogP contribution in [0.5, 0.6) is 0 Å². The van der Waals surface area contributed by atoms with E-state index >= 15 is 0 Å². The molecule has 1 amide bonds. The summed E-state index contributed by atoms with van der Waals surface area (Å²) >= 11 is 3.68. The molecule has 2 aliphatic rings. The molecule has 0 saturated carbocycles. The van der Waals surface area contributed by atoms with E-state index in [9.17, 15) is 4.79 Å². The number of fused-ring (bicyclic) bond motifs is 1. The van der Waals surface area contributed by atoms with E-state index in [-0.39, 0.29) is 5.91 Å². The zero-order valence-corrected chi connectivity index (χ0v) is 12.2. The molecule has 1 aromatic rings. The summed E-state index contributed by atoms with van der Waals surface area (Å²) in [6, 6.07) is 2.53. The Labute approximate surface area is 116 Å². The lowest BCUT2D eigenvalue weighted by Gasteiger charge is -2.37. The lowest BCUT2D eigenvalue weighted by molar-refractivity contribution is 0.0635. The normalized spacial score (nSPS) is 19.2. The first kappa shape index (κ1) is 12.5. The van der Waals surface area contributed by atoms with Crippen LogP contribution in [0.1, 0.15) is 27.0 Å². The van der Waals surface area contributed by atoms with Gasteiger partial charge in [-0.1, -0.05) is 0 Å². The van der Waals surface area contributed by atoms with Gasteiger partial charge < -0.3 is 10.2 Å². The summed E-state index contributed by atoms with van der Waals surface area (Å²) in [6.45, 7) is 4.77. The summed E-state index contributed by atoms with van der Waals surface area (Å²) in [4.78, 5) is 16.9. The van der Waals surface area contributed by atoms with Crippen molar-refractivity contribution in [2.45, 2.75) is 25.1 Å². The number of hydrogen-bond acceptors (Lipinski definition) is 4. The Bertz CT molecular complexity index is 430. The Morgan fingerprint density at radius 2 is 2.39 bits per heavy atom. The van der Waals surface area contributed by atoms with Crippen LogP contribution in [-0.2, 0) is 12.2 Å². The van der Waals surface area contributed by atoms with Gasteiger partial charge in [-0.05, 0) is 30.7 Å². The summed E-state index contributed by atoms with van der Waals surface area (Å²) in [5.74, 6) is 2.51. The van der Waals surface area contributed by atoms with Gasteiger partial charge in [0.15, 0.2) is 0 Å². The number of nitrogens with zero attached hydrogens (tertiary/aromatic N) is 1. The Kier molecular flexibility index (Phi) is 3.63. The molecule has 1 saturated heterocycles. The predicted molar refractivity (Wildman–Crippen MR) is 77.6 cm³/mol. The van der Waals surface area contributed by atoms with Crippen LogP contribution in [0.25, 0.3) is 0 Å². The van der Waals surface area contributed by atoms with E-state index < -0.39 is 0 Å². The van der Waals surface area contributed by atoms with Crippen LogP contribution < -0.4 is 5.32 Å². The zero-order chi connectivity index (χ0) is 12.5. The third-order valence-electron chi connectivity index (χ3n) is 3.64. The third kappa shape index (κ3) is 2.19. The van der Waals surface area contributed by atoms with E-state index in [0.717, 1.165) is 36.7 Å². The average Bonchev–Trinajstić information content (AvgIpc) is 2.76. The average molecular weight is 282 g/mol. The number of nitrogens with one attached hydrogen (secondary N) is 1. The van der Waals surface area contributed by atoms with Crippen molar-refractivity contribution in [1.82, 2.24) is 10.2 Å². The van der Waals surface area contributed by atoms with E-state index in [0.29, 0.717) is 6.04 Å². The molecule has 2 aliphatic heterocycles. The molecule has 0 aromatic carbocycles. The maximum absolute atomic E-state index is 12.5. The molecule has 0 spiro atoms. The van der Waals surface area contributed by atoms with Crippen LogP contribution >= 0.6 is 23.1 Å². The molecule has 3 heterocycles. The van der Waals surface area contributed by atoms with Gasteiger partial charge in [-0.3, -0.25) is 4.79 Å². The summed E-state index contributed by atoms with van der Waals surface area (Å²) in [5, 5.41) is 3.24. The van der Waals surface area contributed by atoms with E-state index in [1.54, 1.807) is 11.3 Å². The second-order valence-electron chi connectivity index (χ2n) is 4.76. The number of hydrogen-bond donors (Lipinski definition) is 1. The van der Waals surface area contributed by atoms with Crippen LogP contribution in [0.3, 0.4) is 0 Å². The molecule has 98 valence electrons. The van der Waals surface area contributed by atoms with Crippen molar-refractivity contribution < 1.29 is 4.79 Å². The van der Waals surface area contributed by atoms with Gasteiger partial charge in [0.05, 0.1) is 10.9 Å². The molecule has 0 bridgehead atoms. The highest BCUT2D eigenvalue weighted by atomic mass is 32.2. The van der Waals surface area contributed by atoms with Gasteiger partial charge in [-0.25, -0.2) is 0 Å². The van der Waals surface area contributed by atoms with E-state index in [2.05, 4.69) is 18.3 Å². The maximum atomic E-state index is 12.5. The second-order valence-corrected chi connectivity index (χ2v) is 7.01. The van der Waals surface area contributed by atoms with E-state index in [4.69, 9.17) is 0 Å². The van der Waals surface area contributed by atoms with Crippen LogP contribution in [0, 0.1) is 0 Å². The molecule has 18 heavy (non-hydrogen) atoms. The number of likely N-dealkylation sites (N-methyl/N-ethyl adjacent to an activating group) is 1. The van der Waals surface area contributed by atoms with Crippen molar-refractivity contribution in [2.24, 2.45) is 0 Å². The molecule has 0 radical (unpaired) electrons. The predicted octanol–water partition coefficient (Wildman–Crippen LogP) is 1.97. The highest BCUT2D eigenvalue weighted by molar-refractivity contribution is 7.98. The third-order valence-corrected chi connectivity index (χ3v) is 5.87. The smallest absolute Gasteiger partial charge is 0.264 e. The quantitative estimate of drug-likeness (QED) is 0.920. The van der Waals surface area contributed by atoms with Crippen molar-refractivity contribution in [1.29, 1.82) is 0 Å². The highest BCUT2D eigenvalue weighted by Gasteiger charge is 2.29. The molecular weight excluding hydrogens is 264 g/mol. The van der Waals surface area contributed by atoms with Crippen LogP contribution in [-0.4, -0.2) is 42.2 Å². The monoisotopic (exact) mass is 282 g/mol. The lowest BCUT2D eigenvalue weighted by Crippen LogP contribution is -2.58. The fourth-order valence-electron chi connectivity index (χ4n) is 2.46. The van der Waals surface area contributed by atoms with Crippen molar-refractivity contribution in [3.63, 3.8) is 0 Å². The van der Waals surface area contributed by atoms with E-state index in [1.807, 2.05) is 16.7 Å². The Morgan fingerprint density at radius 3 is 3.00 bits per heavy atom. The standard InChI is InChI=1S/C13H18N2OS2/c1-2-15(10-6-14-7-10)13(16)12-5-9-8-17-4-3-11(9)18-12/h5,10,14H,2-4,6-8H2,1H3. The molecular formula is C13H18N2OS2. The fourth-order valence-corrected chi connectivity index (χ4v) is 4.78. The number of carbonyl (C=O) groups is 1. The lowest BCUT2D eigenvalue weighted by atomic mass is 10.1. The number of carbonyl (C=O) groups excluding carboxylic acids is 1. The molecule has 1 fully saturated rings. The molecule has 0 atom stereocenters. The SMILES string of the molecule is CCN(C(=O)c1cc2c(s1)CCSC2)C1CNC1. The first-order chi connectivity index (χ1) is 8.79. The first-order valence-electron chi connectivity index (χ1n) is 6.50. The van der Waals surface area contributed by atoms with Crippen LogP contribution in [0.4, 0.5) is 0 Å². The van der Waals surface area contributed by atoms with Crippen LogP contribution in [0.15, 0.2) is 6.07 Å². The summed E-state index contributed by atoms with van der Waals surface area (Å²) in [7, 11) is 0. The minimum Gasteiger partial charge on any atom is -0.333 e. The number of rotatable bonds is 3. The molecule has 5 heteroatoms. The van der Waals surface area contributed by atoms with Gasteiger partial charge in [0.2, 0.25) is 0 Å². The summed E-state index contributed by atoms with van der Waals surface area (Å²) in [5.41, 5.74) is 1.39. The van der Waals surface area contributed by atoms with Crippen LogP contribution in [0.2, 0.25) is 0 Å². The molecule has 1 N–H and O–H groups in total. The van der Waals surface area contributed by atoms with Gasteiger partial charge in [0, 0.05) is 30.3 Å². The van der Waals surface area contributed by atoms with Gasteiger partial charge in [-0.2, -0.15) is 11.8 Å². The highest BCUT2D eigenvalue weighted by Crippen LogP contribution is 2.32. The number of aryl methyl sites for hydroxylation is 1. The fraction of sp³-hybridized carbons (Fsp3) is 0.615. The Hall–Kier alpha value is -0.520. The number of thiophene rings is 1. The molecule has 3 nitrogen and oxygen atoms in total. The van der Waals surface area contributed by atoms with Gasteiger partial charge >= 0.3 is 0 Å². The van der Waals surface area contributed by atoms with Gasteiger partial charge in [-0.15, -0.1) is 11.3 Å². The first-order valence-corrected chi connectivity index (χ1v) is 8.47. The van der Waals surface area contributed by atoms with Crippen molar-refractivity contribution in [3.8, 4) is 0 Å². The topological polar surface area (TPSA) is 32.3 Å². The van der Waals surface area contributed by atoms with Crippen molar-refractivity contribution in [3.05, 3.63) is 21.4 Å². The molecule has 0 aliphatic carbocycles. The minimum atomic E-state index is 0.230. The van der Waals surface area contributed by atoms with Gasteiger partial charge in [0.1, 0.15) is 0 Å².